The van der Waals surface area contributed by atoms with E-state index in [1.165, 1.54) is 6.07 Å². The van der Waals surface area contributed by atoms with Crippen LogP contribution >= 0.6 is 0 Å². The van der Waals surface area contributed by atoms with Crippen LogP contribution in [0.4, 0.5) is 11.5 Å². The highest BCUT2D eigenvalue weighted by atomic mass is 32.2. The van der Waals surface area contributed by atoms with E-state index in [0.29, 0.717) is 5.69 Å². The van der Waals surface area contributed by atoms with Crippen molar-refractivity contribution in [2.45, 2.75) is 30.3 Å². The summed E-state index contributed by atoms with van der Waals surface area (Å²) in [6.45, 7) is 3.46. The zero-order valence-corrected chi connectivity index (χ0v) is 15.7. The minimum Gasteiger partial charge on any atom is -0.381 e. The fourth-order valence-electron chi connectivity index (χ4n) is 2.46. The van der Waals surface area contributed by atoms with Gasteiger partial charge in [-0.2, -0.15) is 0 Å². The molecule has 9 heteroatoms. The average molecular weight is 385 g/mol. The van der Waals surface area contributed by atoms with Gasteiger partial charge in [0.2, 0.25) is 20.8 Å². The van der Waals surface area contributed by atoms with Gasteiger partial charge in [0.25, 0.3) is 0 Å². The molecule has 0 aliphatic heterocycles. The summed E-state index contributed by atoms with van der Waals surface area (Å²) in [5.41, 5.74) is 8.34. The molecule has 140 valence electrons. The maximum Gasteiger partial charge on any atom is 0.246 e. The summed E-state index contributed by atoms with van der Waals surface area (Å²) in [6.07, 6.45) is 0. The lowest BCUT2D eigenvalue weighted by atomic mass is 10.1. The van der Waals surface area contributed by atoms with Crippen LogP contribution < -0.4 is 11.1 Å². The normalized spacial score (nSPS) is 11.3. The molecule has 8 nitrogen and oxygen atoms in total. The number of amides is 1. The SMILES string of the molecule is Cc1ccc(S(=O)(=O)c2nnn(CC(=O)Nc3ccccc3)c2N)cc1C. The molecule has 0 unspecified atom stereocenters. The zero-order valence-electron chi connectivity index (χ0n) is 14.9. The minimum absolute atomic E-state index is 0.0816. The van der Waals surface area contributed by atoms with Crippen LogP contribution in [0, 0.1) is 13.8 Å². The molecule has 3 rings (SSSR count). The molecule has 3 aromatic rings. The van der Waals surface area contributed by atoms with Crippen LogP contribution in [-0.4, -0.2) is 29.3 Å². The maximum absolute atomic E-state index is 12.8. The third-order valence-electron chi connectivity index (χ3n) is 4.13. The Hall–Kier alpha value is -3.20. The number of benzene rings is 2. The molecule has 0 fully saturated rings. The fraction of sp³-hybridized carbons (Fsp3) is 0.167. The zero-order chi connectivity index (χ0) is 19.6. The van der Waals surface area contributed by atoms with E-state index in [1.807, 2.05) is 19.9 Å². The molecule has 1 heterocycles. The third kappa shape index (κ3) is 3.82. The van der Waals surface area contributed by atoms with Gasteiger partial charge in [-0.1, -0.05) is 29.5 Å². The second kappa shape index (κ2) is 7.20. The molecule has 0 aliphatic rings. The highest BCUT2D eigenvalue weighted by molar-refractivity contribution is 7.91. The standard InChI is InChI=1S/C18H19N5O3S/c1-12-8-9-15(10-13(12)2)27(25,26)18-17(19)23(22-21-18)11-16(24)20-14-6-4-3-5-7-14/h3-10H,11,19H2,1-2H3,(H,20,24). The third-order valence-corrected chi connectivity index (χ3v) is 5.81. The Morgan fingerprint density at radius 3 is 2.48 bits per heavy atom. The quantitative estimate of drug-likeness (QED) is 0.693. The van der Waals surface area contributed by atoms with Gasteiger partial charge in [-0.15, -0.1) is 5.10 Å². The predicted molar refractivity (Wildman–Crippen MR) is 101 cm³/mol. The molecule has 27 heavy (non-hydrogen) atoms. The monoisotopic (exact) mass is 385 g/mol. The molecule has 3 N–H and O–H groups in total. The van der Waals surface area contributed by atoms with Crippen molar-refractivity contribution in [2.75, 3.05) is 11.1 Å². The Kier molecular flexibility index (Phi) is 4.95. The molecule has 0 atom stereocenters. The van der Waals surface area contributed by atoms with Gasteiger partial charge in [-0.25, -0.2) is 13.1 Å². The molecule has 0 bridgehead atoms. The Balaban J connectivity index is 1.84. The molecule has 1 amide bonds. The van der Waals surface area contributed by atoms with Gasteiger partial charge in [0.05, 0.1) is 4.90 Å². The summed E-state index contributed by atoms with van der Waals surface area (Å²) >= 11 is 0. The van der Waals surface area contributed by atoms with E-state index in [2.05, 4.69) is 15.6 Å². The van der Waals surface area contributed by atoms with Crippen molar-refractivity contribution in [2.24, 2.45) is 0 Å². The first kappa shape index (κ1) is 18.6. The predicted octanol–water partition coefficient (Wildman–Crippen LogP) is 1.95. The van der Waals surface area contributed by atoms with Crippen LogP contribution in [0.1, 0.15) is 11.1 Å². The number of aromatic nitrogens is 3. The van der Waals surface area contributed by atoms with Gasteiger partial charge in [0, 0.05) is 5.69 Å². The first-order valence-electron chi connectivity index (χ1n) is 8.15. The Morgan fingerprint density at radius 1 is 1.11 bits per heavy atom. The first-order valence-corrected chi connectivity index (χ1v) is 9.63. The van der Waals surface area contributed by atoms with Gasteiger partial charge in [-0.05, 0) is 49.2 Å². The molecule has 0 spiro atoms. The van der Waals surface area contributed by atoms with E-state index < -0.39 is 15.7 Å². The fourth-order valence-corrected chi connectivity index (χ4v) is 3.79. The largest absolute Gasteiger partial charge is 0.381 e. The number of anilines is 2. The number of nitrogens with zero attached hydrogens (tertiary/aromatic N) is 3. The Bertz CT molecular complexity index is 1090. The van der Waals surface area contributed by atoms with Gasteiger partial charge in [0.1, 0.15) is 6.54 Å². The number of rotatable bonds is 5. The molecule has 1 aromatic heterocycles. The summed E-state index contributed by atoms with van der Waals surface area (Å²) < 4.78 is 26.7. The first-order chi connectivity index (χ1) is 12.8. The Morgan fingerprint density at radius 2 is 1.81 bits per heavy atom. The van der Waals surface area contributed by atoms with Gasteiger partial charge < -0.3 is 11.1 Å². The molecule has 0 saturated heterocycles. The van der Waals surface area contributed by atoms with Crippen molar-refractivity contribution in [1.29, 1.82) is 0 Å². The lowest BCUT2D eigenvalue weighted by Gasteiger charge is -2.07. The van der Waals surface area contributed by atoms with Crippen molar-refractivity contribution in [3.63, 3.8) is 0 Å². The molecule has 0 radical (unpaired) electrons. The number of carbonyl (C=O) groups is 1. The Labute approximate surface area is 156 Å². The number of carbonyl (C=O) groups excluding carboxylic acids is 1. The second-order valence-corrected chi connectivity index (χ2v) is 7.97. The summed E-state index contributed by atoms with van der Waals surface area (Å²) in [5.74, 6) is -0.579. The number of hydrogen-bond donors (Lipinski definition) is 2. The average Bonchev–Trinajstić information content (AvgIpc) is 2.99. The van der Waals surface area contributed by atoms with E-state index in [9.17, 15) is 13.2 Å². The summed E-state index contributed by atoms with van der Waals surface area (Å²) in [6, 6.07) is 13.6. The van der Waals surface area contributed by atoms with Crippen LogP contribution in [0.25, 0.3) is 0 Å². The van der Waals surface area contributed by atoms with E-state index in [4.69, 9.17) is 5.73 Å². The van der Waals surface area contributed by atoms with Crippen molar-refractivity contribution in [1.82, 2.24) is 15.0 Å². The van der Waals surface area contributed by atoms with E-state index >= 15 is 0 Å². The van der Waals surface area contributed by atoms with Gasteiger partial charge in [-0.3, -0.25) is 4.79 Å². The highest BCUT2D eigenvalue weighted by Gasteiger charge is 2.27. The number of nitrogens with two attached hydrogens (primary N) is 1. The summed E-state index contributed by atoms with van der Waals surface area (Å²) in [4.78, 5) is 12.2. The number of para-hydroxylation sites is 1. The van der Waals surface area contributed by atoms with Gasteiger partial charge in [0.15, 0.2) is 5.82 Å². The van der Waals surface area contributed by atoms with Crippen molar-refractivity contribution in [3.05, 3.63) is 59.7 Å². The number of hydrogen-bond acceptors (Lipinski definition) is 6. The molecule has 2 aromatic carbocycles. The number of sulfone groups is 1. The topological polar surface area (TPSA) is 120 Å². The lowest BCUT2D eigenvalue weighted by Crippen LogP contribution is -2.21. The minimum atomic E-state index is -3.93. The van der Waals surface area contributed by atoms with Crippen molar-refractivity contribution < 1.29 is 13.2 Å². The maximum atomic E-state index is 12.8. The van der Waals surface area contributed by atoms with E-state index in [0.717, 1.165) is 15.8 Å². The number of nitrogens with one attached hydrogen (secondary N) is 1. The molecular weight excluding hydrogens is 366 g/mol. The molecule has 0 saturated carbocycles. The number of aryl methyl sites for hydroxylation is 2. The molecular formula is C18H19N5O3S. The van der Waals surface area contributed by atoms with Crippen LogP contribution in [0.5, 0.6) is 0 Å². The lowest BCUT2D eigenvalue weighted by molar-refractivity contribution is -0.116. The van der Waals surface area contributed by atoms with Crippen LogP contribution in [-0.2, 0) is 21.2 Å². The smallest absolute Gasteiger partial charge is 0.246 e. The second-order valence-electron chi connectivity index (χ2n) is 6.10. The van der Waals surface area contributed by atoms with Crippen molar-refractivity contribution in [3.8, 4) is 0 Å². The summed E-state index contributed by atoms with van der Waals surface area (Å²) in [5, 5.41) is 9.74. The highest BCUT2D eigenvalue weighted by Crippen LogP contribution is 2.25. The van der Waals surface area contributed by atoms with Crippen LogP contribution in [0.15, 0.2) is 58.5 Å². The van der Waals surface area contributed by atoms with E-state index in [1.54, 1.807) is 36.4 Å². The van der Waals surface area contributed by atoms with E-state index in [-0.39, 0.29) is 22.3 Å². The summed E-state index contributed by atoms with van der Waals surface area (Å²) in [7, 11) is -3.93. The number of nitrogen functional groups attached to an aromatic ring is 1. The van der Waals surface area contributed by atoms with Crippen LogP contribution in [0.2, 0.25) is 0 Å². The van der Waals surface area contributed by atoms with Crippen LogP contribution in [0.3, 0.4) is 0 Å². The van der Waals surface area contributed by atoms with Crippen molar-refractivity contribution >= 4 is 27.2 Å². The van der Waals surface area contributed by atoms with Gasteiger partial charge >= 0.3 is 0 Å². The molecule has 0 aliphatic carbocycles.